The van der Waals surface area contributed by atoms with Crippen LogP contribution in [0.3, 0.4) is 0 Å². The third kappa shape index (κ3) is 67.2. The van der Waals surface area contributed by atoms with Gasteiger partial charge >= 0.3 is 11.9 Å². The van der Waals surface area contributed by atoms with Crippen molar-refractivity contribution in [2.75, 3.05) is 47.5 Å². The fourth-order valence-electron chi connectivity index (χ4n) is 8.01. The summed E-state index contributed by atoms with van der Waals surface area (Å²) < 4.78 is 22.7. The van der Waals surface area contributed by atoms with Crippen LogP contribution in [-0.2, 0) is 33.3 Å². The summed E-state index contributed by atoms with van der Waals surface area (Å²) in [5.41, 5.74) is 0. The molecule has 0 saturated heterocycles. The topological polar surface area (TPSA) is 111 Å². The Kier molecular flexibility index (Phi) is 61.2. The summed E-state index contributed by atoms with van der Waals surface area (Å²) in [5.74, 6) is -2.39. The zero-order valence-electron chi connectivity index (χ0n) is 55.0. The normalized spacial score (nSPS) is 14.1. The minimum absolute atomic E-state index is 0.125. The van der Waals surface area contributed by atoms with E-state index in [1.165, 1.54) is 19.3 Å². The smallest absolute Gasteiger partial charge is 0.306 e. The number of carbonyl (C=O) groups excluding carboxylic acids is 3. The first-order valence-electron chi connectivity index (χ1n) is 33.2. The molecule has 0 aliphatic carbocycles. The van der Waals surface area contributed by atoms with Gasteiger partial charge < -0.3 is 33.3 Å². The molecule has 0 amide bonds. The van der Waals surface area contributed by atoms with Gasteiger partial charge in [-0.25, -0.2) is 0 Å². The third-order valence-electron chi connectivity index (χ3n) is 13.0. The van der Waals surface area contributed by atoms with Crippen molar-refractivity contribution in [1.82, 2.24) is 0 Å². The molecule has 0 radical (unpaired) electrons. The van der Waals surface area contributed by atoms with E-state index in [1.54, 1.807) is 0 Å². The van der Waals surface area contributed by atoms with Crippen LogP contribution in [0.2, 0.25) is 0 Å². The molecule has 0 aliphatic heterocycles. The number of likely N-dealkylation sites (N-methyl/N-ethyl adjacent to an activating group) is 1. The van der Waals surface area contributed by atoms with Crippen LogP contribution in [0.15, 0.2) is 207 Å². The highest BCUT2D eigenvalue weighted by molar-refractivity contribution is 5.70. The van der Waals surface area contributed by atoms with Gasteiger partial charge in [0.1, 0.15) is 13.2 Å². The molecule has 0 heterocycles. The maximum absolute atomic E-state index is 12.9. The first-order chi connectivity index (χ1) is 42.6. The monoisotopic (exact) mass is 1200 g/mol. The molecule has 2 atom stereocenters. The van der Waals surface area contributed by atoms with Crippen LogP contribution in [0.5, 0.6) is 0 Å². The molecule has 0 aromatic heterocycles. The Bertz CT molecular complexity index is 2180. The van der Waals surface area contributed by atoms with Gasteiger partial charge in [0.25, 0.3) is 0 Å². The zero-order valence-corrected chi connectivity index (χ0v) is 55.0. The fourth-order valence-corrected chi connectivity index (χ4v) is 8.01. The minimum atomic E-state index is -1.65. The number of rotatable bonds is 58. The quantitative estimate of drug-likeness (QED) is 0.0195. The van der Waals surface area contributed by atoms with Crippen molar-refractivity contribution in [3.8, 4) is 0 Å². The number of hydrogen-bond acceptors (Lipinski definition) is 8. The van der Waals surface area contributed by atoms with E-state index in [2.05, 4.69) is 220 Å². The third-order valence-corrected chi connectivity index (χ3v) is 13.0. The molecular weight excluding hydrogens is 1080 g/mol. The second-order valence-electron chi connectivity index (χ2n) is 22.3. The number of allylic oxidation sites excluding steroid dienone is 34. The molecule has 9 nitrogen and oxygen atoms in total. The lowest BCUT2D eigenvalue weighted by atomic mass is 10.1. The van der Waals surface area contributed by atoms with Gasteiger partial charge in [-0.05, 0) is 148 Å². The average molecular weight is 1200 g/mol. The molecule has 9 heteroatoms. The fraction of sp³-hybridized carbons (Fsp3) is 0.526. The Labute approximate surface area is 531 Å². The minimum Gasteiger partial charge on any atom is -0.545 e. The second-order valence-corrected chi connectivity index (χ2v) is 22.3. The molecule has 0 N–H and O–H groups in total. The van der Waals surface area contributed by atoms with E-state index in [4.69, 9.17) is 18.9 Å². The summed E-state index contributed by atoms with van der Waals surface area (Å²) in [7, 11) is 5.89. The molecule has 2 unspecified atom stereocenters. The summed E-state index contributed by atoms with van der Waals surface area (Å²) in [6.07, 6.45) is 100. The van der Waals surface area contributed by atoms with Crippen LogP contribution < -0.4 is 5.11 Å². The Hall–Kier alpha value is -6.13. The summed E-state index contributed by atoms with van der Waals surface area (Å²) in [4.78, 5) is 37.4. The predicted octanol–water partition coefficient (Wildman–Crippen LogP) is 19.5. The maximum atomic E-state index is 12.9. The van der Waals surface area contributed by atoms with Crippen molar-refractivity contribution in [3.05, 3.63) is 207 Å². The molecule has 484 valence electrons. The van der Waals surface area contributed by atoms with Crippen molar-refractivity contribution in [3.63, 3.8) is 0 Å². The van der Waals surface area contributed by atoms with Crippen molar-refractivity contribution < 1.29 is 42.9 Å². The number of hydrogen-bond donors (Lipinski definition) is 0. The number of unbranched alkanes of at least 4 members (excludes halogenated alkanes) is 9. The summed E-state index contributed by atoms with van der Waals surface area (Å²) in [6, 6.07) is 0. The summed E-state index contributed by atoms with van der Waals surface area (Å²) in [6.45, 7) is 4.42. The molecule has 87 heavy (non-hydrogen) atoms. The van der Waals surface area contributed by atoms with Gasteiger partial charge in [-0.3, -0.25) is 9.59 Å². The number of ether oxygens (including phenoxy) is 4. The van der Waals surface area contributed by atoms with E-state index in [9.17, 15) is 19.5 Å². The largest absolute Gasteiger partial charge is 0.545 e. The predicted molar refractivity (Wildman–Crippen MR) is 370 cm³/mol. The van der Waals surface area contributed by atoms with Crippen molar-refractivity contribution in [2.24, 2.45) is 0 Å². The molecule has 0 saturated carbocycles. The standard InChI is InChI=1S/C78H119NO8/c1-6-8-10-12-14-16-18-20-22-24-26-28-30-31-32-33-34-35-36-37-38-39-40-41-42-43-44-45-47-49-51-53-55-57-59-61-63-65-67-69-76(81)87-74(73-86-78(77(82)83)84-71-70-79(3,4)5)72-85-75(80)68-66-64-62-60-58-56-54-52-50-48-46-29-27-25-23-21-19-17-15-13-11-9-7-2/h8-11,14-17,20-23,26-29,31-32,34-35,37-38,40-41,43-44,47-50,53,55,59,61,74,78H,6-7,12-13,18-19,24-25,30,33,36,39,42,45-46,51-52,54,56-58,60,62-73H2,1-5H3/b10-8-,11-9-,16-14-,17-15-,22-20-,23-21-,28-26-,29-27-,32-31-,35-34-,38-37-,41-40-,44-43-,49-47-,50-48-,55-53-,61-59-. The number of carboxylic acid groups (broad SMARTS) is 1. The molecule has 0 rings (SSSR count). The molecular formula is C78H119NO8. The van der Waals surface area contributed by atoms with Crippen LogP contribution in [0.1, 0.15) is 206 Å². The van der Waals surface area contributed by atoms with E-state index in [0.29, 0.717) is 23.9 Å². The Morgan fingerprint density at radius 1 is 0.345 bits per heavy atom. The Balaban J connectivity index is 4.34. The number of nitrogens with zero attached hydrogens (tertiary/aromatic N) is 1. The summed E-state index contributed by atoms with van der Waals surface area (Å²) >= 11 is 0. The van der Waals surface area contributed by atoms with Crippen LogP contribution in [0.4, 0.5) is 0 Å². The van der Waals surface area contributed by atoms with Gasteiger partial charge in [-0.15, -0.1) is 0 Å². The van der Waals surface area contributed by atoms with E-state index in [-0.39, 0.29) is 32.7 Å². The lowest BCUT2D eigenvalue weighted by Gasteiger charge is -2.26. The molecule has 0 fully saturated rings. The van der Waals surface area contributed by atoms with Gasteiger partial charge in [-0.2, -0.15) is 0 Å². The first kappa shape index (κ1) is 80.9. The highest BCUT2D eigenvalue weighted by Crippen LogP contribution is 2.13. The Morgan fingerprint density at radius 2 is 0.621 bits per heavy atom. The summed E-state index contributed by atoms with van der Waals surface area (Å²) in [5, 5.41) is 11.8. The van der Waals surface area contributed by atoms with Gasteiger partial charge in [0, 0.05) is 12.8 Å². The SMILES string of the molecule is CC/C=C\C/C=C\C/C=C\C/C=C\C/C=C\C/C=C\C/C=C\C/C=C\C/C=C\C/C=C\C/C=C\C/C=C\CCCCC(=O)OC(COC(=O)CCCCCCCCC/C=C\C/C=C\C/C=C\C/C=C\C/C=C\CC)COC(OCC[N+](C)(C)C)C(=O)[O-]. The molecule has 0 bridgehead atoms. The lowest BCUT2D eigenvalue weighted by Crippen LogP contribution is -2.44. The van der Waals surface area contributed by atoms with Gasteiger partial charge in [0.05, 0.1) is 40.3 Å². The average Bonchev–Trinajstić information content (AvgIpc) is 3.55. The van der Waals surface area contributed by atoms with Gasteiger partial charge in [0.15, 0.2) is 12.4 Å². The van der Waals surface area contributed by atoms with E-state index < -0.39 is 30.3 Å². The van der Waals surface area contributed by atoms with E-state index in [0.717, 1.165) is 148 Å². The lowest BCUT2D eigenvalue weighted by molar-refractivity contribution is -0.870. The van der Waals surface area contributed by atoms with Crippen molar-refractivity contribution >= 4 is 17.9 Å². The molecule has 0 aromatic carbocycles. The van der Waals surface area contributed by atoms with E-state index >= 15 is 0 Å². The highest BCUT2D eigenvalue weighted by atomic mass is 16.7. The van der Waals surface area contributed by atoms with Crippen molar-refractivity contribution in [2.45, 2.75) is 219 Å². The second kappa shape index (κ2) is 65.8. The van der Waals surface area contributed by atoms with Crippen LogP contribution in [0, 0.1) is 0 Å². The number of quaternary nitrogens is 1. The van der Waals surface area contributed by atoms with Gasteiger partial charge in [0.2, 0.25) is 0 Å². The molecule has 0 aromatic rings. The van der Waals surface area contributed by atoms with Crippen LogP contribution in [0.25, 0.3) is 0 Å². The Morgan fingerprint density at radius 3 is 0.943 bits per heavy atom. The molecule has 0 aliphatic rings. The number of carbonyl (C=O) groups is 3. The van der Waals surface area contributed by atoms with Gasteiger partial charge in [-0.1, -0.05) is 253 Å². The molecule has 0 spiro atoms. The number of aliphatic carboxylic acids is 1. The van der Waals surface area contributed by atoms with E-state index in [1.807, 2.05) is 21.1 Å². The zero-order chi connectivity index (χ0) is 63.3. The number of esters is 2. The van der Waals surface area contributed by atoms with Crippen LogP contribution in [-0.4, -0.2) is 82.3 Å². The maximum Gasteiger partial charge on any atom is 0.306 e. The number of carboxylic acids is 1. The first-order valence-corrected chi connectivity index (χ1v) is 33.2. The van der Waals surface area contributed by atoms with Crippen molar-refractivity contribution in [1.29, 1.82) is 0 Å². The highest BCUT2D eigenvalue weighted by Gasteiger charge is 2.22. The van der Waals surface area contributed by atoms with Crippen LogP contribution >= 0.6 is 0 Å².